The summed E-state index contributed by atoms with van der Waals surface area (Å²) in [5, 5.41) is 5.91. The number of aryl methyl sites for hydroxylation is 1. The highest BCUT2D eigenvalue weighted by Gasteiger charge is 2.02. The molecule has 0 saturated carbocycles. The number of carbonyl (C=O) groups excluding carboxylic acids is 1. The number of rotatable bonds is 6. The number of carbonyl (C=O) groups is 1. The van der Waals surface area contributed by atoms with Crippen LogP contribution in [0.5, 0.6) is 0 Å². The van der Waals surface area contributed by atoms with Crippen molar-refractivity contribution >= 4 is 41.5 Å². The van der Waals surface area contributed by atoms with Crippen LogP contribution in [0.3, 0.4) is 0 Å². The van der Waals surface area contributed by atoms with Gasteiger partial charge in [-0.2, -0.15) is 0 Å². The maximum Gasteiger partial charge on any atom is 0.251 e. The first-order valence-electron chi connectivity index (χ1n) is 7.62. The van der Waals surface area contributed by atoms with E-state index in [2.05, 4.69) is 15.6 Å². The highest BCUT2D eigenvalue weighted by molar-refractivity contribution is 14.0. The van der Waals surface area contributed by atoms with Crippen LogP contribution in [0, 0.1) is 6.92 Å². The Balaban J connectivity index is 0.00000288. The van der Waals surface area contributed by atoms with Gasteiger partial charge in [0.2, 0.25) is 0 Å². The van der Waals surface area contributed by atoms with E-state index in [1.165, 1.54) is 0 Å². The molecule has 0 heterocycles. The van der Waals surface area contributed by atoms with Gasteiger partial charge in [-0.1, -0.05) is 30.3 Å². The summed E-state index contributed by atoms with van der Waals surface area (Å²) in [4.78, 5) is 16.1. The van der Waals surface area contributed by atoms with Crippen molar-refractivity contribution in [3.05, 3.63) is 65.7 Å². The van der Waals surface area contributed by atoms with E-state index >= 15 is 0 Å². The zero-order valence-electron chi connectivity index (χ0n) is 13.7. The first-order valence-corrected chi connectivity index (χ1v) is 7.62. The van der Waals surface area contributed by atoms with E-state index < -0.39 is 0 Å². The molecular weight excluding hydrogens is 415 g/mol. The SMILES string of the molecule is Cc1cccc(NC(N)=NCCCNC(=O)c2ccccc2)c1.I. The molecule has 24 heavy (non-hydrogen) atoms. The molecule has 5 nitrogen and oxygen atoms in total. The number of nitrogens with two attached hydrogens (primary N) is 1. The van der Waals surface area contributed by atoms with E-state index in [-0.39, 0.29) is 29.9 Å². The van der Waals surface area contributed by atoms with Crippen molar-refractivity contribution < 1.29 is 4.79 Å². The van der Waals surface area contributed by atoms with Crippen molar-refractivity contribution in [2.75, 3.05) is 18.4 Å². The zero-order chi connectivity index (χ0) is 16.5. The van der Waals surface area contributed by atoms with Gasteiger partial charge in [0.15, 0.2) is 5.96 Å². The second kappa shape index (κ2) is 10.6. The molecule has 1 amide bonds. The Kier molecular flexibility index (Phi) is 8.85. The lowest BCUT2D eigenvalue weighted by Crippen LogP contribution is -2.26. The molecule has 2 aromatic carbocycles. The second-order valence-electron chi connectivity index (χ2n) is 5.24. The Morgan fingerprint density at radius 1 is 1.12 bits per heavy atom. The summed E-state index contributed by atoms with van der Waals surface area (Å²) in [6, 6.07) is 17.1. The second-order valence-corrected chi connectivity index (χ2v) is 5.24. The summed E-state index contributed by atoms with van der Waals surface area (Å²) < 4.78 is 0. The van der Waals surface area contributed by atoms with Crippen molar-refractivity contribution in [2.45, 2.75) is 13.3 Å². The highest BCUT2D eigenvalue weighted by atomic mass is 127. The number of guanidine groups is 1. The molecule has 0 unspecified atom stereocenters. The fourth-order valence-electron chi connectivity index (χ4n) is 2.08. The van der Waals surface area contributed by atoms with Gasteiger partial charge in [-0.25, -0.2) is 0 Å². The summed E-state index contributed by atoms with van der Waals surface area (Å²) in [5.74, 6) is 0.311. The van der Waals surface area contributed by atoms with Gasteiger partial charge in [0.1, 0.15) is 0 Å². The van der Waals surface area contributed by atoms with Gasteiger partial charge in [-0.05, 0) is 43.2 Å². The normalized spacial score (nSPS) is 10.6. The minimum Gasteiger partial charge on any atom is -0.370 e. The molecule has 6 heteroatoms. The van der Waals surface area contributed by atoms with E-state index in [0.717, 1.165) is 17.7 Å². The largest absolute Gasteiger partial charge is 0.370 e. The van der Waals surface area contributed by atoms with E-state index in [0.29, 0.717) is 24.6 Å². The molecule has 0 aliphatic rings. The van der Waals surface area contributed by atoms with Crippen LogP contribution in [-0.4, -0.2) is 25.0 Å². The van der Waals surface area contributed by atoms with Gasteiger partial charge in [-0.3, -0.25) is 9.79 Å². The summed E-state index contributed by atoms with van der Waals surface area (Å²) in [7, 11) is 0. The summed E-state index contributed by atoms with van der Waals surface area (Å²) in [6.07, 6.45) is 0.731. The maximum atomic E-state index is 11.8. The summed E-state index contributed by atoms with van der Waals surface area (Å²) in [5.41, 5.74) is 8.58. The van der Waals surface area contributed by atoms with Crippen molar-refractivity contribution in [3.63, 3.8) is 0 Å². The predicted molar refractivity (Wildman–Crippen MR) is 110 cm³/mol. The van der Waals surface area contributed by atoms with Crippen molar-refractivity contribution in [2.24, 2.45) is 10.7 Å². The van der Waals surface area contributed by atoms with E-state index in [4.69, 9.17) is 5.73 Å². The van der Waals surface area contributed by atoms with Crippen LogP contribution in [0.25, 0.3) is 0 Å². The van der Waals surface area contributed by atoms with Crippen molar-refractivity contribution in [1.82, 2.24) is 5.32 Å². The zero-order valence-corrected chi connectivity index (χ0v) is 16.0. The quantitative estimate of drug-likeness (QED) is 0.281. The van der Waals surface area contributed by atoms with Crippen LogP contribution in [-0.2, 0) is 0 Å². The fraction of sp³-hybridized carbons (Fsp3) is 0.222. The molecule has 0 spiro atoms. The number of aliphatic imine (C=N–C) groups is 1. The third-order valence-corrected chi connectivity index (χ3v) is 3.23. The molecule has 2 rings (SSSR count). The first kappa shape index (κ1) is 20.0. The summed E-state index contributed by atoms with van der Waals surface area (Å²) >= 11 is 0. The smallest absolute Gasteiger partial charge is 0.251 e. The molecule has 0 aromatic heterocycles. The average Bonchev–Trinajstić information content (AvgIpc) is 2.55. The van der Waals surface area contributed by atoms with Crippen LogP contribution in [0.4, 0.5) is 5.69 Å². The van der Waals surface area contributed by atoms with E-state index in [1.54, 1.807) is 12.1 Å². The predicted octanol–water partition coefficient (Wildman–Crippen LogP) is 3.16. The molecule has 0 radical (unpaired) electrons. The molecule has 0 aliphatic carbocycles. The average molecular weight is 438 g/mol. The van der Waals surface area contributed by atoms with Gasteiger partial charge in [0.05, 0.1) is 0 Å². The first-order chi connectivity index (χ1) is 11.1. The molecule has 0 fully saturated rings. The van der Waals surface area contributed by atoms with E-state index in [9.17, 15) is 4.79 Å². The van der Waals surface area contributed by atoms with Gasteiger partial charge in [0.25, 0.3) is 5.91 Å². The number of nitrogens with one attached hydrogen (secondary N) is 2. The van der Waals surface area contributed by atoms with Gasteiger partial charge < -0.3 is 16.4 Å². The van der Waals surface area contributed by atoms with Crippen LogP contribution in [0.1, 0.15) is 22.3 Å². The molecule has 128 valence electrons. The number of anilines is 1. The molecule has 4 N–H and O–H groups in total. The van der Waals surface area contributed by atoms with E-state index in [1.807, 2.05) is 49.4 Å². The van der Waals surface area contributed by atoms with Crippen molar-refractivity contribution in [3.8, 4) is 0 Å². The number of nitrogens with zero attached hydrogens (tertiary/aromatic N) is 1. The maximum absolute atomic E-state index is 11.8. The topological polar surface area (TPSA) is 79.5 Å². The minimum atomic E-state index is -0.0690. The highest BCUT2D eigenvalue weighted by Crippen LogP contribution is 2.08. The van der Waals surface area contributed by atoms with Crippen molar-refractivity contribution in [1.29, 1.82) is 0 Å². The number of amides is 1. The number of hydrogen-bond acceptors (Lipinski definition) is 2. The van der Waals surface area contributed by atoms with Crippen LogP contribution < -0.4 is 16.4 Å². The molecule has 2 aromatic rings. The third-order valence-electron chi connectivity index (χ3n) is 3.23. The Morgan fingerprint density at radius 2 is 1.88 bits per heavy atom. The summed E-state index contributed by atoms with van der Waals surface area (Å²) in [6.45, 7) is 3.14. The third kappa shape index (κ3) is 6.99. The molecule has 0 saturated heterocycles. The lowest BCUT2D eigenvalue weighted by atomic mass is 10.2. The minimum absolute atomic E-state index is 0. The Hall–Kier alpha value is -2.09. The fourth-order valence-corrected chi connectivity index (χ4v) is 2.08. The van der Waals surface area contributed by atoms with Crippen LogP contribution >= 0.6 is 24.0 Å². The standard InChI is InChI=1S/C18H22N4O.HI/c1-14-7-5-10-16(13-14)22-18(19)21-12-6-11-20-17(23)15-8-3-2-4-9-15;/h2-5,7-10,13H,6,11-12H2,1H3,(H,20,23)(H3,19,21,22);1H. The Labute approximate surface area is 159 Å². The van der Waals surface area contributed by atoms with Gasteiger partial charge in [-0.15, -0.1) is 24.0 Å². The number of hydrogen-bond donors (Lipinski definition) is 3. The lowest BCUT2D eigenvalue weighted by molar-refractivity contribution is 0.0953. The molecule has 0 atom stereocenters. The Bertz CT molecular complexity index is 674. The van der Waals surface area contributed by atoms with Gasteiger partial charge in [0, 0.05) is 24.3 Å². The van der Waals surface area contributed by atoms with Crippen LogP contribution in [0.2, 0.25) is 0 Å². The van der Waals surface area contributed by atoms with Gasteiger partial charge >= 0.3 is 0 Å². The molecular formula is C18H23IN4O. The van der Waals surface area contributed by atoms with Crippen LogP contribution in [0.15, 0.2) is 59.6 Å². The molecule has 0 aliphatic heterocycles. The molecule has 0 bridgehead atoms. The number of benzene rings is 2. The number of halogens is 1. The monoisotopic (exact) mass is 438 g/mol. The Morgan fingerprint density at radius 3 is 2.58 bits per heavy atom. The lowest BCUT2D eigenvalue weighted by Gasteiger charge is -2.07.